The van der Waals surface area contributed by atoms with Gasteiger partial charge in [-0.2, -0.15) is 0 Å². The van der Waals surface area contributed by atoms with Crippen molar-refractivity contribution in [1.82, 2.24) is 0 Å². The molecule has 0 fully saturated rings. The highest BCUT2D eigenvalue weighted by Crippen LogP contribution is 2.21. The lowest BCUT2D eigenvalue weighted by molar-refractivity contribution is -0.151. The summed E-state index contributed by atoms with van der Waals surface area (Å²) in [5, 5.41) is 17.8. The number of thioether (sulfide) groups is 1. The summed E-state index contributed by atoms with van der Waals surface area (Å²) in [7, 11) is 0. The average Bonchev–Trinajstić information content (AvgIpc) is 2.49. The topological polar surface area (TPSA) is 66.8 Å². The van der Waals surface area contributed by atoms with Crippen LogP contribution in [0.25, 0.3) is 0 Å². The minimum Gasteiger partial charge on any atom is -0.508 e. The van der Waals surface area contributed by atoms with Crippen LogP contribution in [0.4, 0.5) is 0 Å². The Morgan fingerprint density at radius 3 is 1.88 bits per heavy atom. The molecule has 0 aliphatic carbocycles. The van der Waals surface area contributed by atoms with Gasteiger partial charge >= 0.3 is 5.97 Å². The molecular formula is C18H21BrO4S. The zero-order chi connectivity index (χ0) is 18.2. The van der Waals surface area contributed by atoms with Crippen molar-refractivity contribution >= 4 is 33.7 Å². The van der Waals surface area contributed by atoms with Crippen molar-refractivity contribution in [2.45, 2.75) is 31.3 Å². The third-order valence-electron chi connectivity index (χ3n) is 2.44. The summed E-state index contributed by atoms with van der Waals surface area (Å²) in [6.45, 7) is 5.53. The fraction of sp³-hybridized carbons (Fsp3) is 0.278. The van der Waals surface area contributed by atoms with Crippen LogP contribution in [-0.2, 0) is 9.53 Å². The minimum absolute atomic E-state index is 0.224. The summed E-state index contributed by atoms with van der Waals surface area (Å²) in [5.41, 5.74) is -0.438. The maximum Gasteiger partial charge on any atom is 0.316 e. The molecule has 24 heavy (non-hydrogen) atoms. The van der Waals surface area contributed by atoms with E-state index in [4.69, 9.17) is 14.9 Å². The van der Waals surface area contributed by atoms with Gasteiger partial charge < -0.3 is 14.9 Å². The molecule has 0 aliphatic rings. The first kappa shape index (κ1) is 20.4. The third-order valence-corrected chi connectivity index (χ3v) is 3.95. The number of hydrogen-bond donors (Lipinski definition) is 2. The first-order valence-electron chi connectivity index (χ1n) is 7.24. The van der Waals surface area contributed by atoms with E-state index < -0.39 is 5.60 Å². The van der Waals surface area contributed by atoms with Gasteiger partial charge in [-0.3, -0.25) is 4.79 Å². The Hall–Kier alpha value is -1.66. The van der Waals surface area contributed by atoms with E-state index in [1.165, 1.54) is 11.8 Å². The number of hydrogen-bond acceptors (Lipinski definition) is 5. The number of benzene rings is 2. The smallest absolute Gasteiger partial charge is 0.316 e. The van der Waals surface area contributed by atoms with Crippen molar-refractivity contribution in [3.63, 3.8) is 0 Å². The average molecular weight is 413 g/mol. The van der Waals surface area contributed by atoms with E-state index in [2.05, 4.69) is 15.9 Å². The molecule has 2 N–H and O–H groups in total. The molecule has 0 heterocycles. The predicted molar refractivity (Wildman–Crippen MR) is 100 cm³/mol. The second-order valence-electron chi connectivity index (χ2n) is 5.85. The summed E-state index contributed by atoms with van der Waals surface area (Å²) < 4.78 is 6.16. The number of aromatic hydroxyl groups is 2. The zero-order valence-corrected chi connectivity index (χ0v) is 16.2. The van der Waals surface area contributed by atoms with Crippen LogP contribution in [0.2, 0.25) is 0 Å². The molecule has 0 saturated carbocycles. The van der Waals surface area contributed by atoms with Gasteiger partial charge in [0.1, 0.15) is 17.1 Å². The number of rotatable bonds is 3. The SMILES string of the molecule is CC(C)(C)OC(=O)CSc1ccc(O)cc1.Oc1ccc(Br)cc1. The highest BCUT2D eigenvalue weighted by molar-refractivity contribution is 9.10. The minimum atomic E-state index is -0.438. The van der Waals surface area contributed by atoms with Gasteiger partial charge in [0.05, 0.1) is 5.75 Å². The van der Waals surface area contributed by atoms with Crippen molar-refractivity contribution in [2.24, 2.45) is 0 Å². The van der Waals surface area contributed by atoms with E-state index >= 15 is 0 Å². The van der Waals surface area contributed by atoms with Gasteiger partial charge in [0, 0.05) is 9.37 Å². The van der Waals surface area contributed by atoms with Gasteiger partial charge in [0.15, 0.2) is 0 Å². The van der Waals surface area contributed by atoms with E-state index in [1.807, 2.05) is 20.8 Å². The number of phenols is 2. The van der Waals surface area contributed by atoms with Crippen LogP contribution in [0.1, 0.15) is 20.8 Å². The Morgan fingerprint density at radius 1 is 1.00 bits per heavy atom. The van der Waals surface area contributed by atoms with Crippen LogP contribution in [0.5, 0.6) is 11.5 Å². The van der Waals surface area contributed by atoms with Crippen LogP contribution in [-0.4, -0.2) is 27.5 Å². The van der Waals surface area contributed by atoms with Crippen LogP contribution in [0, 0.1) is 0 Å². The fourth-order valence-corrected chi connectivity index (χ4v) is 2.43. The Balaban J connectivity index is 0.000000300. The van der Waals surface area contributed by atoms with Crippen molar-refractivity contribution in [1.29, 1.82) is 0 Å². The lowest BCUT2D eigenvalue weighted by Crippen LogP contribution is -2.24. The normalized spacial score (nSPS) is 10.5. The van der Waals surface area contributed by atoms with Crippen LogP contribution in [0.15, 0.2) is 57.9 Å². The first-order valence-corrected chi connectivity index (χ1v) is 9.02. The quantitative estimate of drug-likeness (QED) is 0.549. The van der Waals surface area contributed by atoms with E-state index in [1.54, 1.807) is 48.5 Å². The molecule has 0 aliphatic heterocycles. The molecule has 0 bridgehead atoms. The number of esters is 1. The predicted octanol–water partition coefficient (Wildman–Crippen LogP) is 4.98. The molecule has 0 radical (unpaired) electrons. The van der Waals surface area contributed by atoms with Gasteiger partial charge in [-0.1, -0.05) is 15.9 Å². The molecule has 0 aromatic heterocycles. The maximum absolute atomic E-state index is 11.4. The molecule has 2 rings (SSSR count). The second kappa shape index (κ2) is 9.59. The number of ether oxygens (including phenoxy) is 1. The molecule has 0 unspecified atom stereocenters. The Kier molecular flexibility index (Phi) is 8.15. The first-order chi connectivity index (χ1) is 11.2. The third kappa shape index (κ3) is 9.47. The lowest BCUT2D eigenvalue weighted by atomic mass is 10.2. The Labute approximate surface area is 155 Å². The Bertz CT molecular complexity index is 613. The molecule has 0 saturated heterocycles. The van der Waals surface area contributed by atoms with E-state index in [0.29, 0.717) is 5.75 Å². The van der Waals surface area contributed by atoms with Gasteiger partial charge in [-0.05, 0) is 69.3 Å². The maximum atomic E-state index is 11.4. The van der Waals surface area contributed by atoms with Gasteiger partial charge in [-0.25, -0.2) is 0 Å². The van der Waals surface area contributed by atoms with Crippen LogP contribution < -0.4 is 0 Å². The molecule has 2 aromatic carbocycles. The van der Waals surface area contributed by atoms with E-state index in [0.717, 1.165) is 9.37 Å². The zero-order valence-electron chi connectivity index (χ0n) is 13.8. The molecule has 6 heteroatoms. The van der Waals surface area contributed by atoms with Crippen LogP contribution in [0.3, 0.4) is 0 Å². The summed E-state index contributed by atoms with van der Waals surface area (Å²) >= 11 is 4.63. The van der Waals surface area contributed by atoms with Crippen molar-refractivity contribution < 1.29 is 19.7 Å². The van der Waals surface area contributed by atoms with Crippen molar-refractivity contribution in [3.8, 4) is 11.5 Å². The van der Waals surface area contributed by atoms with Crippen molar-refractivity contribution in [3.05, 3.63) is 53.0 Å². The van der Waals surface area contributed by atoms with Gasteiger partial charge in [-0.15, -0.1) is 11.8 Å². The molecule has 0 spiro atoms. The molecular weight excluding hydrogens is 392 g/mol. The summed E-state index contributed by atoms with van der Waals surface area (Å²) in [6, 6.07) is 13.6. The number of phenolic OH excluding ortho intramolecular Hbond substituents is 2. The standard InChI is InChI=1S/C12H16O3S.C6H5BrO/c1-12(2,3)15-11(14)8-16-10-6-4-9(13)5-7-10;7-5-1-3-6(8)4-2-5/h4-7,13H,8H2,1-3H3;1-4,8H. The molecule has 130 valence electrons. The largest absolute Gasteiger partial charge is 0.508 e. The number of halogens is 1. The molecule has 4 nitrogen and oxygen atoms in total. The van der Waals surface area contributed by atoms with Crippen molar-refractivity contribution in [2.75, 3.05) is 5.75 Å². The lowest BCUT2D eigenvalue weighted by Gasteiger charge is -2.19. The van der Waals surface area contributed by atoms with E-state index in [-0.39, 0.29) is 17.5 Å². The summed E-state index contributed by atoms with van der Waals surface area (Å²) in [4.78, 5) is 12.3. The second-order valence-corrected chi connectivity index (χ2v) is 7.81. The fourth-order valence-electron chi connectivity index (χ4n) is 1.50. The summed E-state index contributed by atoms with van der Waals surface area (Å²) in [5.74, 6) is 0.572. The Morgan fingerprint density at radius 2 is 1.46 bits per heavy atom. The van der Waals surface area contributed by atoms with E-state index in [9.17, 15) is 4.79 Å². The molecule has 0 atom stereocenters. The molecule has 0 amide bonds. The monoisotopic (exact) mass is 412 g/mol. The van der Waals surface area contributed by atoms with Gasteiger partial charge in [0.2, 0.25) is 0 Å². The number of carbonyl (C=O) groups excluding carboxylic acids is 1. The summed E-state index contributed by atoms with van der Waals surface area (Å²) in [6.07, 6.45) is 0. The van der Waals surface area contributed by atoms with Crippen LogP contribution >= 0.6 is 27.7 Å². The highest BCUT2D eigenvalue weighted by atomic mass is 79.9. The highest BCUT2D eigenvalue weighted by Gasteiger charge is 2.16. The number of carbonyl (C=O) groups is 1. The van der Waals surface area contributed by atoms with Gasteiger partial charge in [0.25, 0.3) is 0 Å². The molecule has 2 aromatic rings.